The number of amides is 1. The maximum Gasteiger partial charge on any atom is 0.254 e. The van der Waals surface area contributed by atoms with Crippen LogP contribution in [0.3, 0.4) is 0 Å². The van der Waals surface area contributed by atoms with Gasteiger partial charge in [0.25, 0.3) is 5.56 Å². The molecule has 1 heterocycles. The van der Waals surface area contributed by atoms with E-state index in [9.17, 15) is 9.59 Å². The highest BCUT2D eigenvalue weighted by atomic mass is 35.5. The number of carbonyl (C=O) groups is 1. The number of hydrogen-bond acceptors (Lipinski definition) is 3. The van der Waals surface area contributed by atoms with Crippen molar-refractivity contribution in [2.45, 2.75) is 33.2 Å². The van der Waals surface area contributed by atoms with E-state index in [1.54, 1.807) is 44.0 Å². The third-order valence-corrected chi connectivity index (χ3v) is 4.36. The Morgan fingerprint density at radius 1 is 1.29 bits per heavy atom. The fraction of sp³-hybridized carbons (Fsp3) is 0.353. The lowest BCUT2D eigenvalue weighted by Gasteiger charge is -2.18. The van der Waals surface area contributed by atoms with Crippen LogP contribution in [0.15, 0.2) is 23.0 Å². The molecule has 1 N–H and O–H groups in total. The summed E-state index contributed by atoms with van der Waals surface area (Å²) in [4.78, 5) is 32.8. The Morgan fingerprint density at radius 3 is 2.62 bits per heavy atom. The van der Waals surface area contributed by atoms with Gasteiger partial charge in [-0.3, -0.25) is 9.59 Å². The molecule has 0 fully saturated rings. The third kappa shape index (κ3) is 4.58. The molecule has 0 unspecified atom stereocenters. The summed E-state index contributed by atoms with van der Waals surface area (Å²) in [7, 11) is 1.71. The van der Waals surface area contributed by atoms with Gasteiger partial charge < -0.3 is 9.88 Å². The highest BCUT2D eigenvalue weighted by Gasteiger charge is 2.14. The normalized spacial score (nSPS) is 10.7. The van der Waals surface area contributed by atoms with Gasteiger partial charge in [-0.15, -0.1) is 0 Å². The molecule has 0 spiro atoms. The Kier molecular flexibility index (Phi) is 6.02. The number of benzene rings is 1. The molecule has 0 saturated carbocycles. The monoisotopic (exact) mass is 367 g/mol. The molecule has 0 bridgehead atoms. The molecule has 0 radical (unpaired) electrons. The van der Waals surface area contributed by atoms with Gasteiger partial charge in [0.15, 0.2) is 0 Å². The largest absolute Gasteiger partial charge is 0.341 e. The lowest BCUT2D eigenvalue weighted by molar-refractivity contribution is -0.130. The number of aryl methyl sites for hydroxylation is 2. The van der Waals surface area contributed by atoms with Gasteiger partial charge in [-0.25, -0.2) is 4.98 Å². The summed E-state index contributed by atoms with van der Waals surface area (Å²) < 4.78 is 0. The average Bonchev–Trinajstić information content (AvgIpc) is 2.48. The zero-order valence-corrected chi connectivity index (χ0v) is 15.3. The van der Waals surface area contributed by atoms with Crippen LogP contribution in [0.2, 0.25) is 10.0 Å². The van der Waals surface area contributed by atoms with Gasteiger partial charge in [0, 0.05) is 41.3 Å². The van der Waals surface area contributed by atoms with E-state index < -0.39 is 0 Å². The molecule has 1 aromatic heterocycles. The fourth-order valence-corrected chi connectivity index (χ4v) is 2.93. The van der Waals surface area contributed by atoms with Gasteiger partial charge in [-0.2, -0.15) is 0 Å². The standard InChI is InChI=1S/C17H19Cl2N3O2/c1-10-14(17(24)21-11(2)20-10)6-7-16(23)22(3)9-12-4-5-13(18)8-15(12)19/h4-5,8H,6-7,9H2,1-3H3,(H,20,21,24). The van der Waals surface area contributed by atoms with Crippen LogP contribution in [-0.2, 0) is 17.8 Å². The molecule has 0 atom stereocenters. The Hall–Kier alpha value is -1.85. The molecule has 0 aliphatic rings. The number of carbonyl (C=O) groups excluding carboxylic acids is 1. The molecular weight excluding hydrogens is 349 g/mol. The Balaban J connectivity index is 2.01. The Morgan fingerprint density at radius 2 is 2.00 bits per heavy atom. The van der Waals surface area contributed by atoms with Crippen LogP contribution in [0, 0.1) is 13.8 Å². The van der Waals surface area contributed by atoms with Crippen LogP contribution in [0.4, 0.5) is 0 Å². The molecule has 0 aliphatic heterocycles. The van der Waals surface area contributed by atoms with Crippen molar-refractivity contribution in [2.75, 3.05) is 7.05 Å². The zero-order chi connectivity index (χ0) is 17.9. The molecule has 0 aliphatic carbocycles. The van der Waals surface area contributed by atoms with Crippen LogP contribution in [-0.4, -0.2) is 27.8 Å². The van der Waals surface area contributed by atoms with Gasteiger partial charge in [-0.1, -0.05) is 29.3 Å². The predicted molar refractivity (Wildman–Crippen MR) is 95.6 cm³/mol. The Bertz CT molecular complexity index is 818. The van der Waals surface area contributed by atoms with Crippen molar-refractivity contribution in [3.63, 3.8) is 0 Å². The number of aromatic nitrogens is 2. The van der Waals surface area contributed by atoms with Crippen LogP contribution in [0.1, 0.15) is 29.1 Å². The second-order valence-electron chi connectivity index (χ2n) is 5.70. The minimum Gasteiger partial charge on any atom is -0.341 e. The van der Waals surface area contributed by atoms with Crippen molar-refractivity contribution in [1.82, 2.24) is 14.9 Å². The molecule has 1 aromatic carbocycles. The lowest BCUT2D eigenvalue weighted by atomic mass is 10.1. The zero-order valence-electron chi connectivity index (χ0n) is 13.8. The SMILES string of the molecule is Cc1nc(C)c(CCC(=O)N(C)Cc2ccc(Cl)cc2Cl)c(=O)[nH]1. The van der Waals surface area contributed by atoms with Gasteiger partial charge in [-0.05, 0) is 38.0 Å². The molecular formula is C17H19Cl2N3O2. The van der Waals surface area contributed by atoms with E-state index in [0.29, 0.717) is 40.1 Å². The maximum absolute atomic E-state index is 12.3. The van der Waals surface area contributed by atoms with Crippen molar-refractivity contribution >= 4 is 29.1 Å². The summed E-state index contributed by atoms with van der Waals surface area (Å²) in [6, 6.07) is 5.19. The van der Waals surface area contributed by atoms with Crippen molar-refractivity contribution in [3.05, 3.63) is 61.2 Å². The highest BCUT2D eigenvalue weighted by Crippen LogP contribution is 2.22. The average molecular weight is 368 g/mol. The highest BCUT2D eigenvalue weighted by molar-refractivity contribution is 6.35. The number of aromatic amines is 1. The molecule has 2 aromatic rings. The van der Waals surface area contributed by atoms with Crippen LogP contribution < -0.4 is 5.56 Å². The predicted octanol–water partition coefficient (Wildman–Crippen LogP) is 3.28. The van der Waals surface area contributed by atoms with Crippen molar-refractivity contribution in [2.24, 2.45) is 0 Å². The van der Waals surface area contributed by atoms with E-state index >= 15 is 0 Å². The van der Waals surface area contributed by atoms with E-state index in [-0.39, 0.29) is 17.9 Å². The number of hydrogen-bond donors (Lipinski definition) is 1. The molecule has 0 saturated heterocycles. The summed E-state index contributed by atoms with van der Waals surface area (Å²) in [5, 5.41) is 1.08. The van der Waals surface area contributed by atoms with Crippen LogP contribution in [0.25, 0.3) is 0 Å². The van der Waals surface area contributed by atoms with Crippen molar-refractivity contribution in [1.29, 1.82) is 0 Å². The summed E-state index contributed by atoms with van der Waals surface area (Å²) in [5.41, 5.74) is 1.85. The lowest BCUT2D eigenvalue weighted by Crippen LogP contribution is -2.27. The van der Waals surface area contributed by atoms with E-state index in [4.69, 9.17) is 23.2 Å². The quantitative estimate of drug-likeness (QED) is 0.881. The minimum atomic E-state index is -0.184. The second-order valence-corrected chi connectivity index (χ2v) is 6.54. The first kappa shape index (κ1) is 18.5. The molecule has 128 valence electrons. The molecule has 1 amide bonds. The first-order valence-electron chi connectivity index (χ1n) is 7.52. The molecule has 5 nitrogen and oxygen atoms in total. The maximum atomic E-state index is 12.3. The Labute approximate surface area is 150 Å². The fourth-order valence-electron chi connectivity index (χ4n) is 2.46. The summed E-state index contributed by atoms with van der Waals surface area (Å²) in [6.45, 7) is 3.89. The molecule has 7 heteroatoms. The van der Waals surface area contributed by atoms with Gasteiger partial charge >= 0.3 is 0 Å². The number of rotatable bonds is 5. The van der Waals surface area contributed by atoms with Gasteiger partial charge in [0.2, 0.25) is 5.91 Å². The summed E-state index contributed by atoms with van der Waals surface area (Å²) in [5.74, 6) is 0.502. The topological polar surface area (TPSA) is 66.1 Å². The number of nitrogens with one attached hydrogen (secondary N) is 1. The third-order valence-electron chi connectivity index (χ3n) is 3.78. The number of H-pyrrole nitrogens is 1. The molecule has 24 heavy (non-hydrogen) atoms. The first-order chi connectivity index (χ1) is 11.3. The van der Waals surface area contributed by atoms with Crippen molar-refractivity contribution < 1.29 is 4.79 Å². The number of halogens is 2. The molecule has 2 rings (SSSR count). The van der Waals surface area contributed by atoms with Crippen molar-refractivity contribution in [3.8, 4) is 0 Å². The van der Waals surface area contributed by atoms with E-state index in [2.05, 4.69) is 9.97 Å². The van der Waals surface area contributed by atoms with Gasteiger partial charge in [0.05, 0.1) is 0 Å². The number of nitrogens with zero attached hydrogens (tertiary/aromatic N) is 2. The smallest absolute Gasteiger partial charge is 0.254 e. The summed E-state index contributed by atoms with van der Waals surface area (Å²) >= 11 is 12.0. The first-order valence-corrected chi connectivity index (χ1v) is 8.28. The van der Waals surface area contributed by atoms with Gasteiger partial charge in [0.1, 0.15) is 5.82 Å². The van der Waals surface area contributed by atoms with E-state index in [0.717, 1.165) is 5.56 Å². The van der Waals surface area contributed by atoms with Crippen LogP contribution >= 0.6 is 23.2 Å². The second kappa shape index (κ2) is 7.81. The summed E-state index contributed by atoms with van der Waals surface area (Å²) in [6.07, 6.45) is 0.586. The van der Waals surface area contributed by atoms with Crippen LogP contribution in [0.5, 0.6) is 0 Å². The van der Waals surface area contributed by atoms with E-state index in [1.165, 1.54) is 0 Å². The van der Waals surface area contributed by atoms with E-state index in [1.807, 2.05) is 0 Å². The minimum absolute atomic E-state index is 0.0691.